The van der Waals surface area contributed by atoms with Crippen LogP contribution in [0.25, 0.3) is 0 Å². The Balaban J connectivity index is 4.76. The monoisotopic (exact) mass is 398 g/mol. The van der Waals surface area contributed by atoms with Crippen molar-refractivity contribution in [2.24, 2.45) is 0 Å². The van der Waals surface area contributed by atoms with Gasteiger partial charge in [-0.05, 0) is 31.9 Å². The minimum Gasteiger partial charge on any atom is -0.370 e. The lowest BCUT2D eigenvalue weighted by Crippen LogP contribution is -2.45. The minimum absolute atomic E-state index is 0.732. The van der Waals surface area contributed by atoms with E-state index in [1.54, 1.807) is 0 Å². The van der Waals surface area contributed by atoms with Crippen LogP contribution in [0.2, 0.25) is 0 Å². The molecule has 0 rings (SSSR count). The van der Waals surface area contributed by atoms with E-state index in [0.717, 1.165) is 39.1 Å². The lowest BCUT2D eigenvalue weighted by molar-refractivity contribution is 0.0673. The second kappa shape index (κ2) is 20.3. The Labute approximate surface area is 170 Å². The Bertz CT molecular complexity index is 319. The second-order valence-corrected chi connectivity index (χ2v) is 9.62. The number of rotatable bonds is 20. The van der Waals surface area contributed by atoms with Gasteiger partial charge < -0.3 is 13.3 Å². The Kier molecular flexibility index (Phi) is 20.0. The van der Waals surface area contributed by atoms with E-state index in [1.807, 2.05) is 25.2 Å². The molecule has 0 aromatic heterocycles. The molecule has 0 N–H and O–H groups in total. The normalized spacial score (nSPS) is 12.6. The molecule has 3 nitrogen and oxygen atoms in total. The first-order chi connectivity index (χ1) is 13.2. The molecule has 0 bridgehead atoms. The van der Waals surface area contributed by atoms with Gasteiger partial charge in [-0.2, -0.15) is 0 Å². The first-order valence-corrected chi connectivity index (χ1v) is 13.3. The fourth-order valence-corrected chi connectivity index (χ4v) is 4.96. The summed E-state index contributed by atoms with van der Waals surface area (Å²) in [4.78, 5) is 0. The van der Waals surface area contributed by atoms with Gasteiger partial charge in [0, 0.05) is 19.8 Å². The largest absolute Gasteiger partial charge is 0.529 e. The second-order valence-electron chi connectivity index (χ2n) is 7.22. The topological polar surface area (TPSA) is 27.7 Å². The summed E-state index contributed by atoms with van der Waals surface area (Å²) in [6.07, 6.45) is 20.5. The first kappa shape index (κ1) is 26.6. The molecule has 0 amide bonds. The highest BCUT2D eigenvalue weighted by molar-refractivity contribution is 6.66. The molecule has 0 aliphatic rings. The Morgan fingerprint density at radius 3 is 1.30 bits per heavy atom. The quantitative estimate of drug-likeness (QED) is 0.122. The van der Waals surface area contributed by atoms with Crippen molar-refractivity contribution in [1.29, 1.82) is 0 Å². The molecule has 0 radical (unpaired) electrons. The molecule has 0 aliphatic carbocycles. The minimum atomic E-state index is -2.75. The van der Waals surface area contributed by atoms with Crippen molar-refractivity contribution in [3.63, 3.8) is 0 Å². The average Bonchev–Trinajstić information content (AvgIpc) is 2.67. The van der Waals surface area contributed by atoms with Crippen LogP contribution in [0.15, 0.2) is 23.9 Å². The summed E-state index contributed by atoms with van der Waals surface area (Å²) in [5.41, 5.74) is 2.08. The summed E-state index contributed by atoms with van der Waals surface area (Å²) in [5, 5.41) is 0. The van der Waals surface area contributed by atoms with Crippen LogP contribution in [0.1, 0.15) is 105 Å². The van der Waals surface area contributed by atoms with Crippen molar-refractivity contribution in [1.82, 2.24) is 0 Å². The van der Waals surface area contributed by atoms with Crippen molar-refractivity contribution in [2.45, 2.75) is 105 Å². The predicted octanol–water partition coefficient (Wildman–Crippen LogP) is 7.39. The number of allylic oxidation sites excluding steroid dienone is 3. The molecule has 0 saturated heterocycles. The maximum atomic E-state index is 6.31. The molecule has 0 aromatic carbocycles. The summed E-state index contributed by atoms with van der Waals surface area (Å²) < 4.78 is 18.9. The molecule has 0 heterocycles. The summed E-state index contributed by atoms with van der Waals surface area (Å²) in [7, 11) is -2.75. The van der Waals surface area contributed by atoms with Gasteiger partial charge in [0.25, 0.3) is 0 Å². The van der Waals surface area contributed by atoms with Crippen LogP contribution in [0.4, 0.5) is 0 Å². The maximum Gasteiger partial charge on any atom is 0.529 e. The van der Waals surface area contributed by atoms with Crippen molar-refractivity contribution in [2.75, 3.05) is 19.8 Å². The third-order valence-electron chi connectivity index (χ3n) is 4.51. The number of hydrogen-bond donors (Lipinski definition) is 0. The van der Waals surface area contributed by atoms with E-state index in [4.69, 9.17) is 13.3 Å². The molecular weight excluding hydrogens is 352 g/mol. The van der Waals surface area contributed by atoms with Crippen LogP contribution in [0, 0.1) is 0 Å². The third-order valence-corrected chi connectivity index (χ3v) is 6.93. The molecular formula is C23H46O3Si. The standard InChI is InChI=1S/C23H46O3Si/c1-5-9-13-16-20-24-27(23-19-12-8-4,25-21-17-14-10-6-2)26-22-18-15-11-7-3/h8,12,19,23H,5-7,9-11,13-18,20-22H2,1-4H3. The first-order valence-electron chi connectivity index (χ1n) is 11.5. The van der Waals surface area contributed by atoms with Gasteiger partial charge >= 0.3 is 8.80 Å². The fourth-order valence-electron chi connectivity index (χ4n) is 2.78. The Morgan fingerprint density at radius 1 is 0.556 bits per heavy atom. The smallest absolute Gasteiger partial charge is 0.370 e. The fraction of sp³-hybridized carbons (Fsp3) is 0.826. The summed E-state index contributed by atoms with van der Waals surface area (Å²) in [6, 6.07) is 0. The highest BCUT2D eigenvalue weighted by Gasteiger charge is 2.38. The zero-order chi connectivity index (χ0) is 20.1. The highest BCUT2D eigenvalue weighted by atomic mass is 28.4. The molecule has 0 atom stereocenters. The van der Waals surface area contributed by atoms with Gasteiger partial charge in [-0.15, -0.1) is 0 Å². The van der Waals surface area contributed by atoms with Crippen molar-refractivity contribution >= 4 is 8.80 Å². The van der Waals surface area contributed by atoms with Crippen molar-refractivity contribution < 1.29 is 13.3 Å². The molecule has 160 valence electrons. The summed E-state index contributed by atoms with van der Waals surface area (Å²) in [6.45, 7) is 10.9. The van der Waals surface area contributed by atoms with Gasteiger partial charge in [-0.3, -0.25) is 0 Å². The number of hydrogen-bond acceptors (Lipinski definition) is 3. The van der Waals surface area contributed by atoms with Crippen LogP contribution in [0.3, 0.4) is 0 Å². The zero-order valence-electron chi connectivity index (χ0n) is 18.6. The predicted molar refractivity (Wildman–Crippen MR) is 120 cm³/mol. The van der Waals surface area contributed by atoms with Gasteiger partial charge in [0.05, 0.1) is 0 Å². The summed E-state index contributed by atoms with van der Waals surface area (Å²) in [5.74, 6) is 0. The van der Waals surface area contributed by atoms with E-state index in [0.29, 0.717) is 0 Å². The van der Waals surface area contributed by atoms with Crippen LogP contribution in [-0.4, -0.2) is 28.6 Å². The molecule has 0 aromatic rings. The van der Waals surface area contributed by atoms with Gasteiger partial charge in [-0.1, -0.05) is 96.8 Å². The maximum absolute atomic E-state index is 6.31. The van der Waals surface area contributed by atoms with Crippen LogP contribution < -0.4 is 0 Å². The van der Waals surface area contributed by atoms with E-state index in [1.165, 1.54) is 57.8 Å². The van der Waals surface area contributed by atoms with Gasteiger partial charge in [0.2, 0.25) is 0 Å². The molecule has 4 heteroatoms. The van der Waals surface area contributed by atoms with Crippen LogP contribution >= 0.6 is 0 Å². The molecule has 0 spiro atoms. The SMILES string of the molecule is CC=CC=C[Si](OCCCCCC)(OCCCCCC)OCCCCCC. The van der Waals surface area contributed by atoms with Crippen molar-refractivity contribution in [3.05, 3.63) is 23.9 Å². The van der Waals surface area contributed by atoms with Gasteiger partial charge in [0.1, 0.15) is 0 Å². The highest BCUT2D eigenvalue weighted by Crippen LogP contribution is 2.16. The van der Waals surface area contributed by atoms with E-state index >= 15 is 0 Å². The third kappa shape index (κ3) is 16.3. The zero-order valence-corrected chi connectivity index (χ0v) is 19.6. The Morgan fingerprint density at radius 2 is 0.963 bits per heavy atom. The molecule has 27 heavy (non-hydrogen) atoms. The summed E-state index contributed by atoms with van der Waals surface area (Å²) >= 11 is 0. The van der Waals surface area contributed by atoms with Gasteiger partial charge in [-0.25, -0.2) is 0 Å². The van der Waals surface area contributed by atoms with E-state index in [9.17, 15) is 0 Å². The van der Waals surface area contributed by atoms with E-state index < -0.39 is 8.80 Å². The lowest BCUT2D eigenvalue weighted by Gasteiger charge is -2.27. The van der Waals surface area contributed by atoms with E-state index in [2.05, 4.69) is 26.5 Å². The van der Waals surface area contributed by atoms with Crippen LogP contribution in [-0.2, 0) is 13.3 Å². The Hall–Kier alpha value is -0.423. The molecule has 0 fully saturated rings. The van der Waals surface area contributed by atoms with Crippen LogP contribution in [0.5, 0.6) is 0 Å². The molecule has 0 saturated carbocycles. The lowest BCUT2D eigenvalue weighted by atomic mass is 10.2. The van der Waals surface area contributed by atoms with E-state index in [-0.39, 0.29) is 0 Å². The molecule has 0 aliphatic heterocycles. The van der Waals surface area contributed by atoms with Gasteiger partial charge in [0.15, 0.2) is 0 Å². The average molecular weight is 399 g/mol. The van der Waals surface area contributed by atoms with Crippen molar-refractivity contribution in [3.8, 4) is 0 Å². The number of unbranched alkanes of at least 4 members (excludes halogenated alkanes) is 9. The molecule has 0 unspecified atom stereocenters.